The molecule has 7 nitrogen and oxygen atoms in total. The van der Waals surface area contributed by atoms with Crippen molar-refractivity contribution in [2.75, 3.05) is 39.5 Å². The van der Waals surface area contributed by atoms with Gasteiger partial charge >= 0.3 is 0 Å². The van der Waals surface area contributed by atoms with Crippen LogP contribution in [0.4, 0.5) is 11.4 Å². The predicted molar refractivity (Wildman–Crippen MR) is 102 cm³/mol. The Hall–Kier alpha value is -2.79. The molecule has 0 saturated heterocycles. The number of aliphatic hydroxyl groups excluding tert-OH is 2. The van der Waals surface area contributed by atoms with Gasteiger partial charge < -0.3 is 14.9 Å². The number of nitriles is 1. The molecule has 0 aliphatic carbocycles. The van der Waals surface area contributed by atoms with Gasteiger partial charge in [-0.3, -0.25) is 4.90 Å². The van der Waals surface area contributed by atoms with Gasteiger partial charge in [0.25, 0.3) is 0 Å². The zero-order chi connectivity index (χ0) is 19.3. The molecular weight excluding hydrogens is 344 g/mol. The van der Waals surface area contributed by atoms with Crippen molar-refractivity contribution in [2.45, 2.75) is 6.42 Å². The Morgan fingerprint density at radius 2 is 1.41 bits per heavy atom. The van der Waals surface area contributed by atoms with Crippen LogP contribution in [-0.2, 0) is 0 Å². The Balaban J connectivity index is 1.77. The third-order valence-corrected chi connectivity index (χ3v) is 3.83. The molecule has 7 heteroatoms. The first kappa shape index (κ1) is 20.5. The van der Waals surface area contributed by atoms with Crippen molar-refractivity contribution in [2.24, 2.45) is 10.2 Å². The Labute approximate surface area is 159 Å². The maximum Gasteiger partial charge on any atom is 0.119 e. The highest BCUT2D eigenvalue weighted by Gasteiger charge is 2.03. The molecule has 0 aromatic heterocycles. The van der Waals surface area contributed by atoms with Crippen molar-refractivity contribution in [3.05, 3.63) is 54.1 Å². The fourth-order valence-corrected chi connectivity index (χ4v) is 2.42. The van der Waals surface area contributed by atoms with Gasteiger partial charge in [0.2, 0.25) is 0 Å². The third kappa shape index (κ3) is 7.54. The number of rotatable bonds is 11. The predicted octanol–water partition coefficient (Wildman–Crippen LogP) is 3.03. The van der Waals surface area contributed by atoms with Crippen molar-refractivity contribution in [1.29, 1.82) is 5.26 Å². The average molecular weight is 368 g/mol. The second kappa shape index (κ2) is 11.8. The van der Waals surface area contributed by atoms with E-state index in [0.29, 0.717) is 36.6 Å². The third-order valence-electron chi connectivity index (χ3n) is 3.83. The summed E-state index contributed by atoms with van der Waals surface area (Å²) in [7, 11) is 0. The smallest absolute Gasteiger partial charge is 0.119 e. The van der Waals surface area contributed by atoms with Crippen LogP contribution in [0.5, 0.6) is 5.75 Å². The van der Waals surface area contributed by atoms with Gasteiger partial charge in [-0.15, -0.1) is 0 Å². The number of nitrogens with zero attached hydrogens (tertiary/aromatic N) is 4. The Bertz CT molecular complexity index is 733. The maximum absolute atomic E-state index is 8.98. The van der Waals surface area contributed by atoms with E-state index in [0.717, 1.165) is 18.7 Å². The fraction of sp³-hybridized carbons (Fsp3) is 0.350. The van der Waals surface area contributed by atoms with E-state index in [1.54, 1.807) is 24.3 Å². The van der Waals surface area contributed by atoms with Crippen molar-refractivity contribution in [3.8, 4) is 11.8 Å². The van der Waals surface area contributed by atoms with Gasteiger partial charge in [0, 0.05) is 19.6 Å². The lowest BCUT2D eigenvalue weighted by atomic mass is 10.2. The molecule has 0 saturated carbocycles. The van der Waals surface area contributed by atoms with E-state index < -0.39 is 0 Å². The number of benzene rings is 2. The lowest BCUT2D eigenvalue weighted by Crippen LogP contribution is -2.31. The minimum absolute atomic E-state index is 0.0827. The molecule has 0 aliphatic rings. The monoisotopic (exact) mass is 368 g/mol. The summed E-state index contributed by atoms with van der Waals surface area (Å²) in [5.41, 5.74) is 1.99. The summed E-state index contributed by atoms with van der Waals surface area (Å²) >= 11 is 0. The van der Waals surface area contributed by atoms with E-state index in [1.807, 2.05) is 29.2 Å². The molecule has 0 radical (unpaired) electrons. The molecule has 142 valence electrons. The van der Waals surface area contributed by atoms with Crippen LogP contribution in [0.25, 0.3) is 0 Å². The molecule has 0 bridgehead atoms. The molecule has 0 fully saturated rings. The summed E-state index contributed by atoms with van der Waals surface area (Å²) in [5.74, 6) is 0.753. The minimum Gasteiger partial charge on any atom is -0.494 e. The molecule has 0 spiro atoms. The highest BCUT2D eigenvalue weighted by molar-refractivity contribution is 5.44. The molecule has 2 aromatic rings. The highest BCUT2D eigenvalue weighted by Crippen LogP contribution is 2.21. The quantitative estimate of drug-likeness (QED) is 0.469. The van der Waals surface area contributed by atoms with Crippen LogP contribution in [-0.4, -0.2) is 54.6 Å². The Morgan fingerprint density at radius 3 is 1.93 bits per heavy atom. The minimum atomic E-state index is 0.0827. The highest BCUT2D eigenvalue weighted by atomic mass is 16.5. The van der Waals surface area contributed by atoms with Crippen LogP contribution in [0.3, 0.4) is 0 Å². The van der Waals surface area contributed by atoms with Crippen LogP contribution in [0, 0.1) is 11.3 Å². The van der Waals surface area contributed by atoms with Crippen LogP contribution >= 0.6 is 0 Å². The van der Waals surface area contributed by atoms with Crippen LogP contribution in [0.2, 0.25) is 0 Å². The summed E-state index contributed by atoms with van der Waals surface area (Å²) in [4.78, 5) is 2.00. The summed E-state index contributed by atoms with van der Waals surface area (Å²) in [5, 5.41) is 35.0. The first-order valence-electron chi connectivity index (χ1n) is 8.84. The Morgan fingerprint density at radius 1 is 0.852 bits per heavy atom. The van der Waals surface area contributed by atoms with Crippen LogP contribution < -0.4 is 4.74 Å². The zero-order valence-electron chi connectivity index (χ0n) is 15.2. The first-order chi connectivity index (χ1) is 13.2. The molecular formula is C20H24N4O3. The molecule has 0 heterocycles. The zero-order valence-corrected chi connectivity index (χ0v) is 15.2. The van der Waals surface area contributed by atoms with Gasteiger partial charge in [-0.1, -0.05) is 0 Å². The van der Waals surface area contributed by atoms with Crippen molar-refractivity contribution in [1.82, 2.24) is 4.90 Å². The standard InChI is InChI=1S/C20H24N4O3/c21-16-17-2-4-18(5-3-17)22-23-19-6-8-20(9-7-19)27-15-1-10-24(11-13-25)12-14-26/h2-9,25-26H,1,10-15H2. The van der Waals surface area contributed by atoms with E-state index in [2.05, 4.69) is 16.3 Å². The maximum atomic E-state index is 8.98. The number of azo groups is 1. The average Bonchev–Trinajstić information content (AvgIpc) is 2.71. The summed E-state index contributed by atoms with van der Waals surface area (Å²) in [6.45, 7) is 2.59. The lowest BCUT2D eigenvalue weighted by molar-refractivity contribution is 0.153. The topological polar surface area (TPSA) is 101 Å². The molecule has 0 aliphatic heterocycles. The van der Waals surface area contributed by atoms with E-state index in [1.165, 1.54) is 0 Å². The molecule has 27 heavy (non-hydrogen) atoms. The second-order valence-electron chi connectivity index (χ2n) is 5.84. The number of hydrogen-bond donors (Lipinski definition) is 2. The molecule has 2 rings (SSSR count). The summed E-state index contributed by atoms with van der Waals surface area (Å²) in [6, 6.07) is 16.3. The lowest BCUT2D eigenvalue weighted by Gasteiger charge is -2.19. The van der Waals surface area contributed by atoms with Crippen molar-refractivity contribution < 1.29 is 14.9 Å². The van der Waals surface area contributed by atoms with Gasteiger partial charge in [0.1, 0.15) is 5.75 Å². The van der Waals surface area contributed by atoms with E-state index >= 15 is 0 Å². The molecule has 2 N–H and O–H groups in total. The van der Waals surface area contributed by atoms with Gasteiger partial charge in [0.05, 0.1) is 42.8 Å². The molecule has 2 aromatic carbocycles. The second-order valence-corrected chi connectivity index (χ2v) is 5.84. The first-order valence-corrected chi connectivity index (χ1v) is 8.84. The molecule has 0 atom stereocenters. The van der Waals surface area contributed by atoms with E-state index in [-0.39, 0.29) is 13.2 Å². The van der Waals surface area contributed by atoms with Crippen LogP contribution in [0.1, 0.15) is 12.0 Å². The Kier molecular flexibility index (Phi) is 8.93. The molecule has 0 unspecified atom stereocenters. The van der Waals surface area contributed by atoms with Crippen molar-refractivity contribution in [3.63, 3.8) is 0 Å². The van der Waals surface area contributed by atoms with E-state index in [4.69, 9.17) is 20.2 Å². The fourth-order valence-electron chi connectivity index (χ4n) is 2.42. The SMILES string of the molecule is N#Cc1ccc(N=Nc2ccc(OCCCN(CCO)CCO)cc2)cc1. The van der Waals surface area contributed by atoms with Crippen LogP contribution in [0.15, 0.2) is 58.8 Å². The summed E-state index contributed by atoms with van der Waals surface area (Å²) in [6.07, 6.45) is 0.806. The number of hydrogen-bond acceptors (Lipinski definition) is 7. The van der Waals surface area contributed by atoms with E-state index in [9.17, 15) is 0 Å². The van der Waals surface area contributed by atoms with Gasteiger partial charge in [-0.2, -0.15) is 15.5 Å². The number of aliphatic hydroxyl groups is 2. The van der Waals surface area contributed by atoms with Gasteiger partial charge in [0.15, 0.2) is 0 Å². The largest absolute Gasteiger partial charge is 0.494 e. The normalized spacial score (nSPS) is 11.0. The van der Waals surface area contributed by atoms with Crippen molar-refractivity contribution >= 4 is 11.4 Å². The van der Waals surface area contributed by atoms with Gasteiger partial charge in [-0.05, 0) is 55.0 Å². The summed E-state index contributed by atoms with van der Waals surface area (Å²) < 4.78 is 5.70. The molecule has 0 amide bonds. The van der Waals surface area contributed by atoms with Gasteiger partial charge in [-0.25, -0.2) is 0 Å². The number of ether oxygens (including phenoxy) is 1.